The normalized spacial score (nSPS) is 23.5. The van der Waals surface area contributed by atoms with Crippen LogP contribution in [-0.4, -0.2) is 39.4 Å². The Morgan fingerprint density at radius 2 is 2.05 bits per heavy atom. The summed E-state index contributed by atoms with van der Waals surface area (Å²) in [5.74, 6) is 0. The lowest BCUT2D eigenvalue weighted by atomic mass is 9.82. The predicted octanol–water partition coefficient (Wildman–Crippen LogP) is 2.58. The summed E-state index contributed by atoms with van der Waals surface area (Å²) in [6.45, 7) is 16.9. The Labute approximate surface area is 129 Å². The number of nitrogens with zero attached hydrogens (tertiary/aromatic N) is 3. The molecule has 1 aliphatic heterocycles. The van der Waals surface area contributed by atoms with E-state index >= 15 is 0 Å². The molecule has 0 radical (unpaired) electrons. The Bertz CT molecular complexity index is 481. The molecule has 1 aromatic rings. The molecule has 0 aromatic carbocycles. The molecule has 0 amide bonds. The number of rotatable bonds is 3. The Morgan fingerprint density at radius 3 is 2.57 bits per heavy atom. The summed E-state index contributed by atoms with van der Waals surface area (Å²) >= 11 is 0. The first-order valence-electron chi connectivity index (χ1n) is 8.13. The lowest BCUT2D eigenvalue weighted by molar-refractivity contribution is 0.0255. The second-order valence-corrected chi connectivity index (χ2v) is 8.16. The number of aryl methyl sites for hydroxylation is 2. The van der Waals surface area contributed by atoms with Gasteiger partial charge in [0.25, 0.3) is 0 Å². The molecule has 1 saturated heterocycles. The van der Waals surface area contributed by atoms with Crippen molar-refractivity contribution in [2.75, 3.05) is 13.1 Å². The van der Waals surface area contributed by atoms with Gasteiger partial charge in [0.2, 0.25) is 0 Å². The van der Waals surface area contributed by atoms with Crippen molar-refractivity contribution in [3.8, 4) is 0 Å². The highest BCUT2D eigenvalue weighted by Crippen LogP contribution is 2.30. The number of hydrogen-bond acceptors (Lipinski definition) is 3. The molecule has 120 valence electrons. The van der Waals surface area contributed by atoms with Gasteiger partial charge in [-0.05, 0) is 31.7 Å². The highest BCUT2D eigenvalue weighted by molar-refractivity contribution is 5.11. The van der Waals surface area contributed by atoms with Gasteiger partial charge in [-0.25, -0.2) is 0 Å². The van der Waals surface area contributed by atoms with E-state index in [4.69, 9.17) is 0 Å². The van der Waals surface area contributed by atoms with Crippen molar-refractivity contribution in [2.24, 2.45) is 12.5 Å². The number of nitrogens with one attached hydrogen (secondary N) is 1. The van der Waals surface area contributed by atoms with Crippen molar-refractivity contribution in [3.05, 3.63) is 17.5 Å². The van der Waals surface area contributed by atoms with Crippen molar-refractivity contribution in [1.29, 1.82) is 0 Å². The van der Waals surface area contributed by atoms with Gasteiger partial charge < -0.3 is 5.32 Å². The smallest absolute Gasteiger partial charge is 0.0625 e. The minimum atomic E-state index is 0.175. The van der Waals surface area contributed by atoms with E-state index in [1.807, 2.05) is 4.68 Å². The highest BCUT2D eigenvalue weighted by Gasteiger charge is 2.38. The van der Waals surface area contributed by atoms with Gasteiger partial charge in [-0.1, -0.05) is 27.7 Å². The molecule has 4 nitrogen and oxygen atoms in total. The molecular formula is C17H32N4. The Kier molecular flexibility index (Phi) is 4.50. The molecule has 1 aliphatic rings. The number of aromatic nitrogens is 2. The average Bonchev–Trinajstić information content (AvgIpc) is 2.67. The van der Waals surface area contributed by atoms with E-state index in [0.29, 0.717) is 6.04 Å². The zero-order valence-corrected chi connectivity index (χ0v) is 14.8. The van der Waals surface area contributed by atoms with E-state index in [1.165, 1.54) is 11.4 Å². The molecule has 21 heavy (non-hydrogen) atoms. The van der Waals surface area contributed by atoms with Crippen molar-refractivity contribution >= 4 is 0 Å². The van der Waals surface area contributed by atoms with E-state index in [0.717, 1.165) is 26.1 Å². The van der Waals surface area contributed by atoms with Crippen LogP contribution >= 0.6 is 0 Å². The largest absolute Gasteiger partial charge is 0.309 e. The first-order valence-corrected chi connectivity index (χ1v) is 8.13. The summed E-state index contributed by atoms with van der Waals surface area (Å²) in [6, 6.07) is 2.81. The molecule has 1 unspecified atom stereocenters. The van der Waals surface area contributed by atoms with Gasteiger partial charge in [0, 0.05) is 38.3 Å². The van der Waals surface area contributed by atoms with Crippen LogP contribution in [0.5, 0.6) is 0 Å². The monoisotopic (exact) mass is 292 g/mol. The van der Waals surface area contributed by atoms with Crippen LogP contribution in [0.25, 0.3) is 0 Å². The second-order valence-electron chi connectivity index (χ2n) is 8.16. The van der Waals surface area contributed by atoms with E-state index in [1.54, 1.807) is 0 Å². The van der Waals surface area contributed by atoms with Crippen molar-refractivity contribution in [3.63, 3.8) is 0 Å². The van der Waals surface area contributed by atoms with Gasteiger partial charge in [0.05, 0.1) is 11.4 Å². The zero-order valence-electron chi connectivity index (χ0n) is 14.8. The van der Waals surface area contributed by atoms with Crippen LogP contribution in [0.1, 0.15) is 52.9 Å². The third-order valence-corrected chi connectivity index (χ3v) is 4.57. The van der Waals surface area contributed by atoms with E-state index < -0.39 is 0 Å². The molecule has 0 spiro atoms. The van der Waals surface area contributed by atoms with Crippen LogP contribution in [-0.2, 0) is 20.0 Å². The van der Waals surface area contributed by atoms with Crippen molar-refractivity contribution in [2.45, 2.75) is 66.1 Å². The SMILES string of the molecule is CCc1cc(CN2CC(C)(C)NCC2C(C)(C)C)n(C)n1. The Balaban J connectivity index is 2.21. The van der Waals surface area contributed by atoms with E-state index in [2.05, 4.69) is 70.0 Å². The molecule has 4 heteroatoms. The lowest BCUT2D eigenvalue weighted by Crippen LogP contribution is -2.64. The molecule has 0 saturated carbocycles. The molecule has 0 aliphatic carbocycles. The molecule has 2 heterocycles. The van der Waals surface area contributed by atoms with Crippen LogP contribution < -0.4 is 5.32 Å². The summed E-state index contributed by atoms with van der Waals surface area (Å²) in [4.78, 5) is 2.63. The second kappa shape index (κ2) is 5.73. The van der Waals surface area contributed by atoms with Gasteiger partial charge in [0.15, 0.2) is 0 Å². The fraction of sp³-hybridized carbons (Fsp3) is 0.824. The molecule has 1 aromatic heterocycles. The summed E-state index contributed by atoms with van der Waals surface area (Å²) in [6.07, 6.45) is 1.00. The minimum Gasteiger partial charge on any atom is -0.309 e. The van der Waals surface area contributed by atoms with Gasteiger partial charge in [-0.15, -0.1) is 0 Å². The Hall–Kier alpha value is -0.870. The minimum absolute atomic E-state index is 0.175. The third kappa shape index (κ3) is 3.86. The van der Waals surface area contributed by atoms with Crippen LogP contribution in [0.4, 0.5) is 0 Å². The standard InChI is InChI=1S/C17H32N4/c1-8-13-9-14(20(7)19-13)11-21-12-17(5,6)18-10-15(21)16(2,3)4/h9,15,18H,8,10-12H2,1-7H3. The Morgan fingerprint density at radius 1 is 1.38 bits per heavy atom. The first kappa shape index (κ1) is 16.5. The van der Waals surface area contributed by atoms with Crippen molar-refractivity contribution < 1.29 is 0 Å². The number of hydrogen-bond donors (Lipinski definition) is 1. The fourth-order valence-electron chi connectivity index (χ4n) is 3.30. The summed E-state index contributed by atoms with van der Waals surface area (Å²) in [5.41, 5.74) is 2.96. The quantitative estimate of drug-likeness (QED) is 0.929. The lowest BCUT2D eigenvalue weighted by Gasteiger charge is -2.49. The third-order valence-electron chi connectivity index (χ3n) is 4.57. The van der Waals surface area contributed by atoms with Crippen molar-refractivity contribution in [1.82, 2.24) is 20.0 Å². The number of piperazine rings is 1. The molecule has 2 rings (SSSR count). The molecule has 1 fully saturated rings. The van der Waals surface area contributed by atoms with Gasteiger partial charge in [-0.3, -0.25) is 9.58 Å². The van der Waals surface area contributed by atoms with E-state index in [-0.39, 0.29) is 11.0 Å². The van der Waals surface area contributed by atoms with Gasteiger partial charge in [-0.2, -0.15) is 5.10 Å². The maximum absolute atomic E-state index is 4.59. The topological polar surface area (TPSA) is 33.1 Å². The van der Waals surface area contributed by atoms with Gasteiger partial charge in [0.1, 0.15) is 0 Å². The van der Waals surface area contributed by atoms with E-state index in [9.17, 15) is 0 Å². The van der Waals surface area contributed by atoms with Crippen LogP contribution in [0.3, 0.4) is 0 Å². The van der Waals surface area contributed by atoms with Crippen LogP contribution in [0.15, 0.2) is 6.07 Å². The van der Waals surface area contributed by atoms with Crippen LogP contribution in [0, 0.1) is 5.41 Å². The molecular weight excluding hydrogens is 260 g/mol. The molecule has 0 bridgehead atoms. The summed E-state index contributed by atoms with van der Waals surface area (Å²) < 4.78 is 2.05. The first-order chi connectivity index (χ1) is 9.62. The predicted molar refractivity (Wildman–Crippen MR) is 88.3 cm³/mol. The summed E-state index contributed by atoms with van der Waals surface area (Å²) in [5, 5.41) is 8.29. The maximum atomic E-state index is 4.59. The average molecular weight is 292 g/mol. The summed E-state index contributed by atoms with van der Waals surface area (Å²) in [7, 11) is 2.06. The highest BCUT2D eigenvalue weighted by atomic mass is 15.3. The molecule has 1 atom stereocenters. The fourth-order valence-corrected chi connectivity index (χ4v) is 3.30. The zero-order chi connectivity index (χ0) is 15.8. The van der Waals surface area contributed by atoms with Gasteiger partial charge >= 0.3 is 0 Å². The maximum Gasteiger partial charge on any atom is 0.0625 e. The van der Waals surface area contributed by atoms with Crippen LogP contribution in [0.2, 0.25) is 0 Å². The molecule has 1 N–H and O–H groups in total.